The van der Waals surface area contributed by atoms with Crippen molar-refractivity contribution in [3.05, 3.63) is 29.3 Å². The summed E-state index contributed by atoms with van der Waals surface area (Å²) >= 11 is 0. The Hall–Kier alpha value is -2.44. The summed E-state index contributed by atoms with van der Waals surface area (Å²) in [4.78, 5) is 23.2. The van der Waals surface area contributed by atoms with Gasteiger partial charge in [-0.2, -0.15) is 5.10 Å². The largest absolute Gasteiger partial charge is 0.358 e. The van der Waals surface area contributed by atoms with Gasteiger partial charge in [-0.25, -0.2) is 9.97 Å². The first kappa shape index (κ1) is 15.5. The number of hydrogen-bond donors (Lipinski definition) is 1. The highest BCUT2D eigenvalue weighted by Crippen LogP contribution is 2.23. The van der Waals surface area contributed by atoms with Crippen LogP contribution in [-0.2, 0) is 18.3 Å². The van der Waals surface area contributed by atoms with Crippen LogP contribution in [0.25, 0.3) is 0 Å². The maximum absolute atomic E-state index is 12.7. The van der Waals surface area contributed by atoms with Crippen molar-refractivity contribution >= 4 is 17.5 Å². The smallest absolute Gasteiger partial charge is 0.250 e. The molecular formula is C16H22N6O. The Morgan fingerprint density at radius 2 is 2.09 bits per heavy atom. The summed E-state index contributed by atoms with van der Waals surface area (Å²) in [6.45, 7) is 6.53. The summed E-state index contributed by atoms with van der Waals surface area (Å²) in [7, 11) is 1.86. The van der Waals surface area contributed by atoms with E-state index in [4.69, 9.17) is 0 Å². The molecule has 3 heterocycles. The Labute approximate surface area is 135 Å². The van der Waals surface area contributed by atoms with Gasteiger partial charge in [-0.3, -0.25) is 14.4 Å². The predicted octanol–water partition coefficient (Wildman–Crippen LogP) is 1.61. The van der Waals surface area contributed by atoms with E-state index in [9.17, 15) is 4.79 Å². The Balaban J connectivity index is 1.77. The number of amides is 1. The molecule has 2 aromatic heterocycles. The zero-order valence-corrected chi connectivity index (χ0v) is 14.0. The van der Waals surface area contributed by atoms with Crippen molar-refractivity contribution in [2.45, 2.75) is 39.7 Å². The molecule has 2 aromatic rings. The number of nitrogens with zero attached hydrogens (tertiary/aromatic N) is 5. The Bertz CT molecular complexity index is 738. The lowest BCUT2D eigenvalue weighted by Crippen LogP contribution is -2.34. The van der Waals surface area contributed by atoms with Crippen LogP contribution in [0.4, 0.5) is 11.6 Å². The van der Waals surface area contributed by atoms with Crippen molar-refractivity contribution in [1.29, 1.82) is 0 Å². The summed E-state index contributed by atoms with van der Waals surface area (Å²) in [5, 5.41) is 7.58. The van der Waals surface area contributed by atoms with Gasteiger partial charge in [0.1, 0.15) is 23.5 Å². The monoisotopic (exact) mass is 314 g/mol. The number of hydrogen-bond acceptors (Lipinski definition) is 5. The van der Waals surface area contributed by atoms with Crippen LogP contribution in [0.2, 0.25) is 0 Å². The number of aryl methyl sites for hydroxylation is 4. The molecule has 0 saturated carbocycles. The van der Waals surface area contributed by atoms with Gasteiger partial charge in [0.2, 0.25) is 0 Å². The van der Waals surface area contributed by atoms with E-state index in [1.807, 2.05) is 33.0 Å². The van der Waals surface area contributed by atoms with E-state index in [1.54, 1.807) is 9.58 Å². The van der Waals surface area contributed by atoms with Crippen molar-refractivity contribution in [3.8, 4) is 0 Å². The molecule has 122 valence electrons. The molecule has 1 N–H and O–H groups in total. The van der Waals surface area contributed by atoms with E-state index in [2.05, 4.69) is 27.3 Å². The second-order valence-corrected chi connectivity index (χ2v) is 5.89. The highest BCUT2D eigenvalue weighted by atomic mass is 16.2. The molecule has 23 heavy (non-hydrogen) atoms. The van der Waals surface area contributed by atoms with Gasteiger partial charge in [0.05, 0.1) is 5.69 Å². The summed E-state index contributed by atoms with van der Waals surface area (Å²) in [6.07, 6.45) is 1.59. The lowest BCUT2D eigenvalue weighted by molar-refractivity contribution is -0.117. The standard InChI is InChI=1S/C16H22N6O/c1-5-12-9-14(18-11(3)17-12)19-13-6-7-22(16(13)23)15-8-10(2)20-21(15)4/h8-9,13H,5-7H2,1-4H3,(H,17,18,19). The van der Waals surface area contributed by atoms with E-state index < -0.39 is 0 Å². The topological polar surface area (TPSA) is 75.9 Å². The molecule has 1 fully saturated rings. The average molecular weight is 314 g/mol. The molecule has 0 bridgehead atoms. The van der Waals surface area contributed by atoms with E-state index in [0.717, 1.165) is 41.7 Å². The fourth-order valence-corrected chi connectivity index (χ4v) is 2.95. The first-order chi connectivity index (χ1) is 11.0. The molecule has 7 nitrogen and oxygen atoms in total. The lowest BCUT2D eigenvalue weighted by Gasteiger charge is -2.17. The van der Waals surface area contributed by atoms with Gasteiger partial charge in [-0.05, 0) is 26.7 Å². The lowest BCUT2D eigenvalue weighted by atomic mass is 10.2. The molecule has 0 aliphatic carbocycles. The minimum atomic E-state index is -0.260. The zero-order valence-electron chi connectivity index (χ0n) is 14.0. The number of carbonyl (C=O) groups excluding carboxylic acids is 1. The number of carbonyl (C=O) groups is 1. The van der Waals surface area contributed by atoms with Gasteiger partial charge >= 0.3 is 0 Å². The van der Waals surface area contributed by atoms with Crippen molar-refractivity contribution < 1.29 is 4.79 Å². The highest BCUT2D eigenvalue weighted by Gasteiger charge is 2.34. The summed E-state index contributed by atoms with van der Waals surface area (Å²) in [5.41, 5.74) is 1.88. The van der Waals surface area contributed by atoms with Crippen LogP contribution in [0.15, 0.2) is 12.1 Å². The van der Waals surface area contributed by atoms with Crippen molar-refractivity contribution in [2.24, 2.45) is 7.05 Å². The fourth-order valence-electron chi connectivity index (χ4n) is 2.95. The fraction of sp³-hybridized carbons (Fsp3) is 0.500. The minimum Gasteiger partial charge on any atom is -0.358 e. The van der Waals surface area contributed by atoms with Crippen LogP contribution in [0, 0.1) is 13.8 Å². The average Bonchev–Trinajstić information content (AvgIpc) is 3.01. The van der Waals surface area contributed by atoms with E-state index >= 15 is 0 Å². The van der Waals surface area contributed by atoms with Gasteiger partial charge in [0.15, 0.2) is 0 Å². The highest BCUT2D eigenvalue weighted by molar-refractivity contribution is 6.00. The van der Waals surface area contributed by atoms with Crippen LogP contribution >= 0.6 is 0 Å². The third kappa shape index (κ3) is 3.04. The van der Waals surface area contributed by atoms with Gasteiger partial charge in [0, 0.05) is 31.4 Å². The molecule has 0 spiro atoms. The molecule has 1 amide bonds. The molecule has 0 radical (unpaired) electrons. The second kappa shape index (κ2) is 5.98. The molecule has 7 heteroatoms. The van der Waals surface area contributed by atoms with Crippen molar-refractivity contribution in [3.63, 3.8) is 0 Å². The van der Waals surface area contributed by atoms with Gasteiger partial charge in [-0.1, -0.05) is 6.92 Å². The van der Waals surface area contributed by atoms with Crippen molar-refractivity contribution in [1.82, 2.24) is 19.7 Å². The van der Waals surface area contributed by atoms with Crippen molar-refractivity contribution in [2.75, 3.05) is 16.8 Å². The molecule has 1 saturated heterocycles. The maximum Gasteiger partial charge on any atom is 0.250 e. The SMILES string of the molecule is CCc1cc(NC2CCN(c3cc(C)nn3C)C2=O)nc(C)n1. The minimum absolute atomic E-state index is 0.0577. The Morgan fingerprint density at radius 1 is 1.30 bits per heavy atom. The summed E-state index contributed by atoms with van der Waals surface area (Å²) < 4.78 is 1.75. The maximum atomic E-state index is 12.7. The van der Waals surface area contributed by atoms with Crippen LogP contribution in [-0.4, -0.2) is 38.2 Å². The molecule has 1 unspecified atom stereocenters. The number of aromatic nitrogens is 4. The van der Waals surface area contributed by atoms with E-state index in [-0.39, 0.29) is 11.9 Å². The third-order valence-electron chi connectivity index (χ3n) is 4.03. The normalized spacial score (nSPS) is 17.8. The second-order valence-electron chi connectivity index (χ2n) is 5.89. The Kier molecular flexibility index (Phi) is 4.02. The number of rotatable bonds is 4. The van der Waals surface area contributed by atoms with Gasteiger partial charge in [-0.15, -0.1) is 0 Å². The third-order valence-corrected chi connectivity index (χ3v) is 4.03. The Morgan fingerprint density at radius 3 is 2.74 bits per heavy atom. The number of anilines is 2. The van der Waals surface area contributed by atoms with E-state index in [0.29, 0.717) is 6.54 Å². The van der Waals surface area contributed by atoms with Crippen LogP contribution in [0.5, 0.6) is 0 Å². The van der Waals surface area contributed by atoms with Crippen LogP contribution in [0.1, 0.15) is 30.6 Å². The van der Waals surface area contributed by atoms with Crippen LogP contribution in [0.3, 0.4) is 0 Å². The molecular weight excluding hydrogens is 292 g/mol. The van der Waals surface area contributed by atoms with E-state index in [1.165, 1.54) is 0 Å². The first-order valence-corrected chi connectivity index (χ1v) is 7.91. The molecule has 3 rings (SSSR count). The molecule has 0 aromatic carbocycles. The van der Waals surface area contributed by atoms with Gasteiger partial charge < -0.3 is 5.32 Å². The molecule has 1 aliphatic rings. The summed E-state index contributed by atoms with van der Waals surface area (Å²) in [6, 6.07) is 3.59. The zero-order chi connectivity index (χ0) is 16.6. The summed E-state index contributed by atoms with van der Waals surface area (Å²) in [5.74, 6) is 2.33. The molecule has 1 aliphatic heterocycles. The predicted molar refractivity (Wildman–Crippen MR) is 88.5 cm³/mol. The first-order valence-electron chi connectivity index (χ1n) is 7.91. The number of nitrogens with one attached hydrogen (secondary N) is 1. The van der Waals surface area contributed by atoms with Gasteiger partial charge in [0.25, 0.3) is 5.91 Å². The van der Waals surface area contributed by atoms with Crippen LogP contribution < -0.4 is 10.2 Å². The molecule has 1 atom stereocenters. The quantitative estimate of drug-likeness (QED) is 0.928.